The standard InChI is InChI=1S/C26H24N2O6/c1-31-20-11-7-10-16-19-14-18(15-8-5-4-6-9-15)27-28(19)25(34-23(16)20)17-12-13-21(32-2)24(33-3)22(17)26(29)30/h4-13,19,25H,14H2,1-3H3,(H,29,30)/t19-,25-/m1/s1. The fourth-order valence-electron chi connectivity index (χ4n) is 4.62. The summed E-state index contributed by atoms with van der Waals surface area (Å²) in [5, 5.41) is 16.9. The van der Waals surface area contributed by atoms with Crippen molar-refractivity contribution in [2.75, 3.05) is 21.3 Å². The molecule has 0 unspecified atom stereocenters. The summed E-state index contributed by atoms with van der Waals surface area (Å²) in [6, 6.07) is 18.9. The molecule has 2 aliphatic heterocycles. The number of carbonyl (C=O) groups is 1. The number of hydrazone groups is 1. The van der Waals surface area contributed by atoms with Gasteiger partial charge >= 0.3 is 5.97 Å². The first kappa shape index (κ1) is 21.6. The highest BCUT2D eigenvalue weighted by atomic mass is 16.5. The van der Waals surface area contributed by atoms with Crippen molar-refractivity contribution in [1.82, 2.24) is 5.01 Å². The smallest absolute Gasteiger partial charge is 0.340 e. The predicted molar refractivity (Wildman–Crippen MR) is 125 cm³/mol. The molecule has 3 aromatic rings. The van der Waals surface area contributed by atoms with Crippen molar-refractivity contribution in [2.45, 2.75) is 18.7 Å². The van der Waals surface area contributed by atoms with Crippen molar-refractivity contribution in [3.8, 4) is 23.0 Å². The average Bonchev–Trinajstić information content (AvgIpc) is 3.33. The summed E-state index contributed by atoms with van der Waals surface area (Å²) in [4.78, 5) is 12.4. The molecular weight excluding hydrogens is 436 g/mol. The molecule has 0 aliphatic carbocycles. The summed E-state index contributed by atoms with van der Waals surface area (Å²) in [7, 11) is 4.47. The number of methoxy groups -OCH3 is 3. The molecule has 0 radical (unpaired) electrons. The molecule has 2 heterocycles. The molecule has 0 fully saturated rings. The van der Waals surface area contributed by atoms with Crippen LogP contribution in [-0.4, -0.2) is 43.1 Å². The van der Waals surface area contributed by atoms with Crippen molar-refractivity contribution in [3.63, 3.8) is 0 Å². The van der Waals surface area contributed by atoms with E-state index in [1.165, 1.54) is 14.2 Å². The number of carboxylic acids is 1. The van der Waals surface area contributed by atoms with E-state index >= 15 is 0 Å². The van der Waals surface area contributed by atoms with Gasteiger partial charge in [0.1, 0.15) is 5.56 Å². The average molecular weight is 460 g/mol. The van der Waals surface area contributed by atoms with E-state index in [9.17, 15) is 9.90 Å². The Hall–Kier alpha value is -4.20. The van der Waals surface area contributed by atoms with Crippen LogP contribution in [0.3, 0.4) is 0 Å². The normalized spacial score (nSPS) is 18.3. The van der Waals surface area contributed by atoms with Gasteiger partial charge in [-0.25, -0.2) is 9.80 Å². The molecule has 2 aliphatic rings. The van der Waals surface area contributed by atoms with Crippen molar-refractivity contribution in [3.05, 3.63) is 82.9 Å². The third-order valence-corrected chi connectivity index (χ3v) is 6.16. The van der Waals surface area contributed by atoms with E-state index in [4.69, 9.17) is 24.0 Å². The van der Waals surface area contributed by atoms with Gasteiger partial charge in [-0.15, -0.1) is 0 Å². The topological polar surface area (TPSA) is 89.8 Å². The second kappa shape index (κ2) is 8.62. The second-order valence-electron chi connectivity index (χ2n) is 7.93. The van der Waals surface area contributed by atoms with Crippen LogP contribution in [0.25, 0.3) is 0 Å². The van der Waals surface area contributed by atoms with E-state index in [0.717, 1.165) is 16.8 Å². The maximum absolute atomic E-state index is 12.4. The van der Waals surface area contributed by atoms with Gasteiger partial charge in [-0.1, -0.05) is 42.5 Å². The van der Waals surface area contributed by atoms with Crippen LogP contribution in [0, 0.1) is 0 Å². The molecule has 0 amide bonds. The summed E-state index contributed by atoms with van der Waals surface area (Å²) < 4.78 is 22.8. The molecule has 0 spiro atoms. The third-order valence-electron chi connectivity index (χ3n) is 6.16. The number of aromatic carboxylic acids is 1. The molecule has 0 saturated carbocycles. The van der Waals surface area contributed by atoms with E-state index in [0.29, 0.717) is 29.2 Å². The van der Waals surface area contributed by atoms with E-state index in [1.54, 1.807) is 19.2 Å². The van der Waals surface area contributed by atoms with Crippen LogP contribution >= 0.6 is 0 Å². The molecule has 0 aromatic heterocycles. The highest BCUT2D eigenvalue weighted by molar-refractivity contribution is 6.02. The number of carboxylic acid groups (broad SMARTS) is 1. The lowest BCUT2D eigenvalue weighted by atomic mass is 9.94. The van der Waals surface area contributed by atoms with Crippen LogP contribution in [0.15, 0.2) is 65.8 Å². The van der Waals surface area contributed by atoms with E-state index < -0.39 is 12.2 Å². The fraction of sp³-hybridized carbons (Fsp3) is 0.231. The van der Waals surface area contributed by atoms with Crippen LogP contribution in [0.4, 0.5) is 0 Å². The molecule has 8 heteroatoms. The Balaban J connectivity index is 1.71. The number of hydrogen-bond acceptors (Lipinski definition) is 7. The molecule has 3 aromatic carbocycles. The summed E-state index contributed by atoms with van der Waals surface area (Å²) >= 11 is 0. The molecule has 174 valence electrons. The lowest BCUT2D eigenvalue weighted by Crippen LogP contribution is -2.35. The SMILES string of the molecule is COc1cccc2c1O[C@H](c1ccc(OC)c(OC)c1C(=O)O)N1N=C(c3ccccc3)C[C@H]21. The Labute approximate surface area is 196 Å². The maximum Gasteiger partial charge on any atom is 0.340 e. The van der Waals surface area contributed by atoms with E-state index in [-0.39, 0.29) is 17.4 Å². The van der Waals surface area contributed by atoms with Crippen LogP contribution in [-0.2, 0) is 0 Å². The fourth-order valence-corrected chi connectivity index (χ4v) is 4.62. The summed E-state index contributed by atoms with van der Waals surface area (Å²) in [5.74, 6) is 0.455. The number of para-hydroxylation sites is 1. The molecule has 2 atom stereocenters. The van der Waals surface area contributed by atoms with Crippen LogP contribution in [0.5, 0.6) is 23.0 Å². The molecule has 5 rings (SSSR count). The molecule has 8 nitrogen and oxygen atoms in total. The first-order chi connectivity index (χ1) is 16.6. The number of hydrogen-bond donors (Lipinski definition) is 1. The van der Waals surface area contributed by atoms with Gasteiger partial charge in [0.2, 0.25) is 6.23 Å². The van der Waals surface area contributed by atoms with Gasteiger partial charge in [-0.3, -0.25) is 0 Å². The lowest BCUT2D eigenvalue weighted by Gasteiger charge is -2.39. The van der Waals surface area contributed by atoms with Crippen LogP contribution < -0.4 is 18.9 Å². The second-order valence-corrected chi connectivity index (χ2v) is 7.93. The Morgan fingerprint density at radius 2 is 1.71 bits per heavy atom. The number of ether oxygens (including phenoxy) is 4. The largest absolute Gasteiger partial charge is 0.493 e. The Bertz CT molecular complexity index is 1270. The Morgan fingerprint density at radius 3 is 2.38 bits per heavy atom. The quantitative estimate of drug-likeness (QED) is 0.573. The lowest BCUT2D eigenvalue weighted by molar-refractivity contribution is -0.0217. The van der Waals surface area contributed by atoms with Gasteiger partial charge in [-0.05, 0) is 23.8 Å². The molecule has 34 heavy (non-hydrogen) atoms. The predicted octanol–water partition coefficient (Wildman–Crippen LogP) is 4.65. The molecular formula is C26H24N2O6. The summed E-state index contributed by atoms with van der Waals surface area (Å²) in [5.41, 5.74) is 3.21. The van der Waals surface area contributed by atoms with E-state index in [1.807, 2.05) is 53.5 Å². The minimum absolute atomic E-state index is 0.0349. The minimum Gasteiger partial charge on any atom is -0.493 e. The van der Waals surface area contributed by atoms with Gasteiger partial charge in [0, 0.05) is 17.5 Å². The maximum atomic E-state index is 12.4. The van der Waals surface area contributed by atoms with Gasteiger partial charge in [-0.2, -0.15) is 5.10 Å². The van der Waals surface area contributed by atoms with Crippen molar-refractivity contribution >= 4 is 11.7 Å². The highest BCUT2D eigenvalue weighted by Crippen LogP contribution is 2.52. The third kappa shape index (κ3) is 3.39. The zero-order valence-electron chi connectivity index (χ0n) is 19.0. The number of benzene rings is 3. The molecule has 0 bridgehead atoms. The van der Waals surface area contributed by atoms with Gasteiger partial charge < -0.3 is 24.1 Å². The first-order valence-electron chi connectivity index (χ1n) is 10.8. The number of rotatable bonds is 6. The number of fused-ring (bicyclic) bond motifs is 3. The summed E-state index contributed by atoms with van der Waals surface area (Å²) in [6.07, 6.45) is -0.180. The first-order valence-corrected chi connectivity index (χ1v) is 10.8. The van der Waals surface area contributed by atoms with Gasteiger partial charge in [0.15, 0.2) is 23.0 Å². The summed E-state index contributed by atoms with van der Waals surface area (Å²) in [6.45, 7) is 0. The Morgan fingerprint density at radius 1 is 0.941 bits per heavy atom. The zero-order valence-corrected chi connectivity index (χ0v) is 19.0. The van der Waals surface area contributed by atoms with Crippen molar-refractivity contribution in [1.29, 1.82) is 0 Å². The Kier molecular flexibility index (Phi) is 5.49. The molecule has 0 saturated heterocycles. The van der Waals surface area contributed by atoms with E-state index in [2.05, 4.69) is 0 Å². The van der Waals surface area contributed by atoms with Gasteiger partial charge in [0.05, 0.1) is 33.1 Å². The van der Waals surface area contributed by atoms with Crippen LogP contribution in [0.2, 0.25) is 0 Å². The zero-order chi connectivity index (χ0) is 23.8. The molecule has 1 N–H and O–H groups in total. The monoisotopic (exact) mass is 460 g/mol. The minimum atomic E-state index is -1.15. The van der Waals surface area contributed by atoms with Crippen LogP contribution in [0.1, 0.15) is 45.7 Å². The van der Waals surface area contributed by atoms with Crippen molar-refractivity contribution in [2.24, 2.45) is 5.10 Å². The number of nitrogens with zero attached hydrogens (tertiary/aromatic N) is 2. The highest BCUT2D eigenvalue weighted by Gasteiger charge is 2.44. The van der Waals surface area contributed by atoms with Crippen molar-refractivity contribution < 1.29 is 28.8 Å². The van der Waals surface area contributed by atoms with Gasteiger partial charge in [0.25, 0.3) is 0 Å².